The molecule has 5 N–H and O–H groups in total. The molecule has 0 spiro atoms. The fourth-order valence-electron chi connectivity index (χ4n) is 4.95. The number of fused-ring (bicyclic) bond motifs is 2. The van der Waals surface area contributed by atoms with Crippen molar-refractivity contribution in [3.8, 4) is 0 Å². The number of hydrogen-bond donors (Lipinski definition) is 4. The van der Waals surface area contributed by atoms with E-state index >= 15 is 0 Å². The normalized spacial score (nSPS) is 31.6. The Morgan fingerprint density at radius 3 is 2.50 bits per heavy atom. The standard InChI is InChI=1S/C31H43N3O8/c1-8-12-33-26-21-13-17(2)14-25(41-7)27(36)19(4)15-20(5)29(42-31(32)39)24(40-6)11-9-10-18(3)30(38)34-22(28(21)37)16-23(26)35/h8-11,15-17,19,24-25,27,29,33,36H,1,12-14H2,2-7H3,(H2,32,39)(H,34,38)/b11-9+,18-10-,20-15+/t17-,19+,24-,25+,27-,29+/m1/s1. The highest BCUT2D eigenvalue weighted by Crippen LogP contribution is 2.28. The van der Waals surface area contributed by atoms with Crippen LogP contribution in [-0.2, 0) is 28.6 Å². The summed E-state index contributed by atoms with van der Waals surface area (Å²) in [6.07, 6.45) is 5.34. The summed E-state index contributed by atoms with van der Waals surface area (Å²) in [5.41, 5.74) is 6.42. The number of carbonyl (C=O) groups excluding carboxylic acids is 4. The molecule has 0 aromatic heterocycles. The number of primary amides is 1. The number of hydrogen-bond acceptors (Lipinski definition) is 9. The molecule has 0 radical (unpaired) electrons. The van der Waals surface area contributed by atoms with Gasteiger partial charge in [-0.3, -0.25) is 14.4 Å². The zero-order chi connectivity index (χ0) is 31.6. The van der Waals surface area contributed by atoms with Crippen LogP contribution in [0.5, 0.6) is 0 Å². The monoisotopic (exact) mass is 585 g/mol. The van der Waals surface area contributed by atoms with E-state index in [2.05, 4.69) is 17.2 Å². The van der Waals surface area contributed by atoms with Gasteiger partial charge in [-0.1, -0.05) is 44.2 Å². The third kappa shape index (κ3) is 9.10. The van der Waals surface area contributed by atoms with Crippen molar-refractivity contribution in [1.82, 2.24) is 10.6 Å². The van der Waals surface area contributed by atoms with E-state index in [-0.39, 0.29) is 41.4 Å². The van der Waals surface area contributed by atoms with E-state index in [1.807, 2.05) is 6.92 Å². The number of methoxy groups -OCH3 is 2. The Hall–Kier alpha value is -3.80. The molecular formula is C31H43N3O8. The van der Waals surface area contributed by atoms with Gasteiger partial charge in [0.1, 0.15) is 6.10 Å². The molecule has 6 atom stereocenters. The van der Waals surface area contributed by atoms with E-state index in [9.17, 15) is 24.3 Å². The number of carbonyl (C=O) groups is 4. The molecule has 2 amide bonds. The van der Waals surface area contributed by atoms with Crippen molar-refractivity contribution in [1.29, 1.82) is 0 Å². The zero-order valence-corrected chi connectivity index (χ0v) is 25.1. The van der Waals surface area contributed by atoms with Crippen molar-refractivity contribution < 1.29 is 38.5 Å². The van der Waals surface area contributed by atoms with Gasteiger partial charge in [0.05, 0.1) is 23.6 Å². The van der Waals surface area contributed by atoms with E-state index < -0.39 is 53.9 Å². The van der Waals surface area contributed by atoms with Gasteiger partial charge in [0, 0.05) is 43.9 Å². The van der Waals surface area contributed by atoms with E-state index in [1.54, 1.807) is 45.1 Å². The van der Waals surface area contributed by atoms with Gasteiger partial charge in [0.25, 0.3) is 5.91 Å². The average molecular weight is 586 g/mol. The smallest absolute Gasteiger partial charge is 0.405 e. The van der Waals surface area contributed by atoms with Crippen LogP contribution in [0.4, 0.5) is 4.79 Å². The summed E-state index contributed by atoms with van der Waals surface area (Å²) in [5.74, 6) is -2.14. The molecule has 11 nitrogen and oxygen atoms in total. The molecular weight excluding hydrogens is 542 g/mol. The highest BCUT2D eigenvalue weighted by atomic mass is 16.6. The molecule has 230 valence electrons. The third-order valence-electron chi connectivity index (χ3n) is 7.22. The van der Waals surface area contributed by atoms with Crippen LogP contribution in [0, 0.1) is 11.8 Å². The van der Waals surface area contributed by atoms with Crippen molar-refractivity contribution >= 4 is 23.6 Å². The maximum Gasteiger partial charge on any atom is 0.405 e. The van der Waals surface area contributed by atoms with Crippen LogP contribution < -0.4 is 16.4 Å². The minimum Gasteiger partial charge on any atom is -0.439 e. The lowest BCUT2D eigenvalue weighted by molar-refractivity contribution is -0.120. The molecule has 0 aromatic carbocycles. The number of rotatable bonds is 6. The van der Waals surface area contributed by atoms with Crippen LogP contribution in [0.2, 0.25) is 0 Å². The Balaban J connectivity index is 2.62. The first-order chi connectivity index (χ1) is 19.8. The quantitative estimate of drug-likeness (QED) is 0.271. The summed E-state index contributed by atoms with van der Waals surface area (Å²) in [6.45, 7) is 10.9. The van der Waals surface area contributed by atoms with Gasteiger partial charge < -0.3 is 35.7 Å². The van der Waals surface area contributed by atoms with Crippen molar-refractivity contribution in [3.05, 3.63) is 71.1 Å². The number of nitrogens with two attached hydrogens (primary N) is 1. The van der Waals surface area contributed by atoms with Gasteiger partial charge in [-0.2, -0.15) is 0 Å². The second-order valence-electron chi connectivity index (χ2n) is 10.6. The van der Waals surface area contributed by atoms with Gasteiger partial charge in [-0.25, -0.2) is 4.79 Å². The number of ether oxygens (including phenoxy) is 3. The molecule has 11 heteroatoms. The lowest BCUT2D eigenvalue weighted by atomic mass is 9.85. The summed E-state index contributed by atoms with van der Waals surface area (Å²) in [6, 6.07) is 0. The maximum atomic E-state index is 13.5. The molecule has 42 heavy (non-hydrogen) atoms. The molecule has 1 heterocycles. The maximum absolute atomic E-state index is 13.5. The Morgan fingerprint density at radius 1 is 1.21 bits per heavy atom. The van der Waals surface area contributed by atoms with Crippen LogP contribution in [0.3, 0.4) is 0 Å². The molecule has 0 aromatic rings. The summed E-state index contributed by atoms with van der Waals surface area (Å²) in [4.78, 5) is 51.3. The van der Waals surface area contributed by atoms with Crippen LogP contribution in [0.15, 0.2) is 71.1 Å². The number of amides is 2. The molecule has 0 saturated carbocycles. The fourth-order valence-corrected chi connectivity index (χ4v) is 4.95. The Kier molecular flexibility index (Phi) is 13.1. The second-order valence-corrected chi connectivity index (χ2v) is 10.6. The summed E-state index contributed by atoms with van der Waals surface area (Å²) in [5, 5.41) is 16.7. The second kappa shape index (κ2) is 16.0. The van der Waals surface area contributed by atoms with Crippen LogP contribution in [0.1, 0.15) is 40.5 Å². The first-order valence-electron chi connectivity index (χ1n) is 13.8. The fraction of sp³-hybridized carbons (Fsp3) is 0.484. The zero-order valence-electron chi connectivity index (χ0n) is 25.1. The lowest BCUT2D eigenvalue weighted by Crippen LogP contribution is -2.37. The number of aliphatic hydroxyl groups excluding tert-OH is 1. The van der Waals surface area contributed by atoms with Crippen molar-refractivity contribution in [2.75, 3.05) is 20.8 Å². The lowest BCUT2D eigenvalue weighted by Gasteiger charge is -2.30. The minimum atomic E-state index is -1.00. The van der Waals surface area contributed by atoms with E-state index in [0.29, 0.717) is 12.0 Å². The Morgan fingerprint density at radius 2 is 1.90 bits per heavy atom. The first-order valence-corrected chi connectivity index (χ1v) is 13.8. The van der Waals surface area contributed by atoms with Gasteiger partial charge in [-0.05, 0) is 38.2 Å². The number of allylic oxidation sites excluding steroid dienone is 4. The van der Waals surface area contributed by atoms with Crippen LogP contribution >= 0.6 is 0 Å². The Labute approximate surface area is 247 Å². The molecule has 0 unspecified atom stereocenters. The van der Waals surface area contributed by atoms with Gasteiger partial charge >= 0.3 is 6.09 Å². The topological polar surface area (TPSA) is 166 Å². The molecule has 0 fully saturated rings. The number of aliphatic hydroxyl groups is 1. The van der Waals surface area contributed by atoms with Crippen LogP contribution in [-0.4, -0.2) is 73.9 Å². The summed E-state index contributed by atoms with van der Waals surface area (Å²) in [7, 11) is 2.92. The molecule has 1 aliphatic heterocycles. The summed E-state index contributed by atoms with van der Waals surface area (Å²) < 4.78 is 16.6. The summed E-state index contributed by atoms with van der Waals surface area (Å²) >= 11 is 0. The predicted molar refractivity (Wildman–Crippen MR) is 158 cm³/mol. The number of Topliss-reactive ketones (excluding diaryl/α,β-unsaturated/α-hetero) is 1. The number of nitrogens with one attached hydrogen (secondary N) is 2. The minimum absolute atomic E-state index is 0.132. The van der Waals surface area contributed by atoms with E-state index in [4.69, 9.17) is 19.9 Å². The van der Waals surface area contributed by atoms with Gasteiger partial charge in [0.2, 0.25) is 11.6 Å². The highest BCUT2D eigenvalue weighted by Gasteiger charge is 2.33. The van der Waals surface area contributed by atoms with E-state index in [0.717, 1.165) is 6.08 Å². The van der Waals surface area contributed by atoms with Gasteiger partial charge in [0.15, 0.2) is 6.10 Å². The van der Waals surface area contributed by atoms with Crippen molar-refractivity contribution in [3.63, 3.8) is 0 Å². The van der Waals surface area contributed by atoms with Gasteiger partial charge in [-0.15, -0.1) is 6.58 Å². The predicted octanol–water partition coefficient (Wildman–Crippen LogP) is 2.54. The molecule has 1 aliphatic carbocycles. The van der Waals surface area contributed by atoms with Crippen molar-refractivity contribution in [2.24, 2.45) is 17.6 Å². The van der Waals surface area contributed by atoms with Crippen LogP contribution in [0.25, 0.3) is 0 Å². The molecule has 2 aliphatic rings. The third-order valence-corrected chi connectivity index (χ3v) is 7.22. The Bertz CT molecular complexity index is 1210. The van der Waals surface area contributed by atoms with Crippen molar-refractivity contribution in [2.45, 2.75) is 65.0 Å². The molecule has 2 bridgehead atoms. The average Bonchev–Trinajstić information content (AvgIpc) is 2.94. The first kappa shape index (κ1) is 34.4. The van der Waals surface area contributed by atoms with E-state index in [1.165, 1.54) is 20.3 Å². The molecule has 0 saturated heterocycles. The largest absolute Gasteiger partial charge is 0.439 e. The highest BCUT2D eigenvalue weighted by molar-refractivity contribution is 6.23. The number of ketones is 2. The molecule has 2 rings (SSSR count). The SMILES string of the molecule is C=CCNC1=C2C[C@@H](C)C[C@H](OC)[C@H](O)[C@@H](C)/C=C(\C)[C@H](OC(N)=O)[C@H](OC)/C=C/C=C(/C)C(=O)NC(=CC1=O)C2=O.